The third kappa shape index (κ3) is 6.58. The Morgan fingerprint density at radius 1 is 0.634 bits per heavy atom. The average molecular weight is 718 g/mol. The van der Waals surface area contributed by atoms with E-state index in [2.05, 4.69) is 63.5 Å². The van der Waals surface area contributed by atoms with E-state index in [9.17, 15) is 0 Å². The summed E-state index contributed by atoms with van der Waals surface area (Å²) in [4.78, 5) is 12.1. The van der Waals surface area contributed by atoms with Gasteiger partial charge in [0, 0.05) is 41.4 Å². The molecule has 0 bridgehead atoms. The minimum absolute atomic E-state index is 0. The summed E-state index contributed by atoms with van der Waals surface area (Å²) < 4.78 is 54.2. The van der Waals surface area contributed by atoms with E-state index in [-0.39, 0.29) is 43.0 Å². The molecule has 203 valence electrons. The van der Waals surface area contributed by atoms with Gasteiger partial charge in [0.15, 0.2) is 5.89 Å². The van der Waals surface area contributed by atoms with Crippen LogP contribution in [0.15, 0.2) is 124 Å². The molecule has 0 aliphatic heterocycles. The molecule has 0 amide bonds. The van der Waals surface area contributed by atoms with Crippen molar-refractivity contribution >= 4 is 11.4 Å². The molecule has 0 aliphatic rings. The first-order valence-corrected chi connectivity index (χ1v) is 12.4. The number of hydrogen-bond donors (Lipinski definition) is 0. The van der Waals surface area contributed by atoms with Gasteiger partial charge in [-0.2, -0.15) is 4.98 Å². The van der Waals surface area contributed by atoms with E-state index in [1.807, 2.05) is 48.5 Å². The van der Waals surface area contributed by atoms with Gasteiger partial charge in [-0.15, -0.1) is 65.7 Å². The number of pyridine rings is 1. The smallest absolute Gasteiger partial charge is 0.278 e. The number of fused-ring (bicyclic) bond motifs is 1. The molecule has 7 rings (SSSR count). The molecule has 0 atom stereocenters. The monoisotopic (exact) mass is 718 g/mol. The van der Waals surface area contributed by atoms with Crippen LogP contribution in [0.1, 0.15) is 19.7 Å². The molecular formula is C35H25IrN3O2-2. The zero-order valence-corrected chi connectivity index (χ0v) is 23.9. The van der Waals surface area contributed by atoms with E-state index in [0.29, 0.717) is 17.1 Å². The Hall–Kier alpha value is -4.64. The Balaban J connectivity index is 0.000000197. The SMILES string of the molecule is [2H]C([2H])([2H])c1ccc(-c2[c-]ccc(-c3ccc(-c4ccccc4)cc3)c2)nc1.[2H]C([2H])([2H])c1nc2oc(-c3[c-]cccc3)nc2o1.[Ir]. The Kier molecular flexibility index (Phi) is 6.55. The molecule has 4 aromatic carbocycles. The summed E-state index contributed by atoms with van der Waals surface area (Å²) >= 11 is 0. The van der Waals surface area contributed by atoms with Crippen molar-refractivity contribution < 1.29 is 37.2 Å². The zero-order chi connectivity index (χ0) is 32.3. The Morgan fingerprint density at radius 3 is 2.05 bits per heavy atom. The van der Waals surface area contributed by atoms with Gasteiger partial charge in [0.1, 0.15) is 5.89 Å². The molecule has 3 heterocycles. The summed E-state index contributed by atoms with van der Waals surface area (Å²) in [6, 6.07) is 41.2. The van der Waals surface area contributed by atoms with Crippen molar-refractivity contribution in [1.29, 1.82) is 0 Å². The minimum Gasteiger partial charge on any atom is -0.464 e. The predicted molar refractivity (Wildman–Crippen MR) is 157 cm³/mol. The van der Waals surface area contributed by atoms with Gasteiger partial charge in [0.05, 0.1) is 0 Å². The maximum Gasteiger partial charge on any atom is 0.278 e. The maximum atomic E-state index is 7.46. The van der Waals surface area contributed by atoms with E-state index in [4.69, 9.17) is 17.1 Å². The Labute approximate surface area is 260 Å². The molecule has 0 spiro atoms. The number of aromatic nitrogens is 3. The molecule has 3 aromatic heterocycles. The Morgan fingerprint density at radius 2 is 1.37 bits per heavy atom. The molecule has 7 aromatic rings. The molecule has 1 radical (unpaired) electrons. The van der Waals surface area contributed by atoms with Crippen LogP contribution in [0, 0.1) is 25.8 Å². The van der Waals surface area contributed by atoms with Crippen LogP contribution in [0.2, 0.25) is 0 Å². The van der Waals surface area contributed by atoms with Crippen LogP contribution < -0.4 is 0 Å². The number of oxazole rings is 2. The van der Waals surface area contributed by atoms with Crippen LogP contribution in [0.3, 0.4) is 0 Å². The Bertz CT molecular complexity index is 2030. The summed E-state index contributed by atoms with van der Waals surface area (Å²) in [5.74, 6) is -0.0683. The van der Waals surface area contributed by atoms with Crippen molar-refractivity contribution in [2.45, 2.75) is 13.7 Å². The van der Waals surface area contributed by atoms with Gasteiger partial charge in [-0.05, 0) is 34.8 Å². The second kappa shape index (κ2) is 12.7. The van der Waals surface area contributed by atoms with Gasteiger partial charge in [-0.3, -0.25) is 0 Å². The second-order valence-electron chi connectivity index (χ2n) is 8.79. The topological polar surface area (TPSA) is 65.0 Å². The summed E-state index contributed by atoms with van der Waals surface area (Å²) in [5, 5.41) is 0. The number of benzene rings is 4. The third-order valence-electron chi connectivity index (χ3n) is 6.08. The van der Waals surface area contributed by atoms with Crippen LogP contribution in [0.25, 0.3) is 56.4 Å². The molecular weight excluding hydrogens is 687 g/mol. The van der Waals surface area contributed by atoms with Crippen molar-refractivity contribution in [1.82, 2.24) is 15.0 Å². The number of hydrogen-bond acceptors (Lipinski definition) is 5. The summed E-state index contributed by atoms with van der Waals surface area (Å²) in [5.41, 5.74) is 7.12. The van der Waals surface area contributed by atoms with Crippen LogP contribution in [0.5, 0.6) is 0 Å². The van der Waals surface area contributed by atoms with Gasteiger partial charge in [0.25, 0.3) is 11.4 Å². The number of aryl methyl sites for hydroxylation is 2. The van der Waals surface area contributed by atoms with Gasteiger partial charge < -0.3 is 13.8 Å². The van der Waals surface area contributed by atoms with Gasteiger partial charge >= 0.3 is 0 Å². The predicted octanol–water partition coefficient (Wildman–Crippen LogP) is 8.78. The first-order valence-electron chi connectivity index (χ1n) is 15.4. The molecule has 0 saturated carbocycles. The quantitative estimate of drug-likeness (QED) is 0.171. The standard InChI is InChI=1S/C24H18N.C11H7N2O2.Ir/c1-18-10-15-24(25-17-18)23-9-5-8-22(16-23)21-13-11-20(12-14-21)19-6-3-2-4-7-19;1-7-12-10-11(14-7)13-9(15-10)8-5-3-2-4-6-8;/h2-8,10-17H,1H3;2-5H,1H3;/q2*-1;/i2*1D3;. The molecule has 0 aliphatic carbocycles. The first kappa shape index (κ1) is 21.2. The van der Waals surface area contributed by atoms with E-state index < -0.39 is 13.7 Å². The molecule has 0 N–H and O–H groups in total. The van der Waals surface area contributed by atoms with Crippen molar-refractivity contribution in [2.75, 3.05) is 0 Å². The summed E-state index contributed by atoms with van der Waals surface area (Å²) in [6.07, 6.45) is 1.41. The maximum absolute atomic E-state index is 7.46. The third-order valence-corrected chi connectivity index (χ3v) is 6.08. The fourth-order valence-electron chi connectivity index (χ4n) is 4.12. The van der Waals surface area contributed by atoms with Crippen LogP contribution in [-0.4, -0.2) is 15.0 Å². The fraction of sp³-hybridized carbons (Fsp3) is 0.0571. The molecule has 0 saturated heterocycles. The van der Waals surface area contributed by atoms with Crippen molar-refractivity contribution in [3.63, 3.8) is 0 Å². The summed E-state index contributed by atoms with van der Waals surface area (Å²) in [7, 11) is 0. The van der Waals surface area contributed by atoms with Crippen molar-refractivity contribution in [3.05, 3.63) is 139 Å². The van der Waals surface area contributed by atoms with Crippen LogP contribution >= 0.6 is 0 Å². The molecule has 6 heteroatoms. The van der Waals surface area contributed by atoms with E-state index in [1.54, 1.807) is 24.3 Å². The van der Waals surface area contributed by atoms with E-state index >= 15 is 0 Å². The molecule has 0 unspecified atom stereocenters. The van der Waals surface area contributed by atoms with Gasteiger partial charge in [0.2, 0.25) is 0 Å². The zero-order valence-electron chi connectivity index (χ0n) is 27.5. The van der Waals surface area contributed by atoms with Gasteiger partial charge in [-0.1, -0.05) is 72.3 Å². The van der Waals surface area contributed by atoms with Gasteiger partial charge in [-0.25, -0.2) is 4.98 Å². The van der Waals surface area contributed by atoms with E-state index in [1.165, 1.54) is 17.3 Å². The summed E-state index contributed by atoms with van der Waals surface area (Å²) in [6.45, 7) is -4.54. The fourth-order valence-corrected chi connectivity index (χ4v) is 4.12. The van der Waals surface area contributed by atoms with Crippen LogP contribution in [-0.2, 0) is 20.1 Å². The number of rotatable bonds is 4. The second-order valence-corrected chi connectivity index (χ2v) is 8.79. The van der Waals surface area contributed by atoms with Crippen molar-refractivity contribution in [2.24, 2.45) is 0 Å². The normalized spacial score (nSPS) is 13.3. The largest absolute Gasteiger partial charge is 0.464 e. The number of nitrogens with zero attached hydrogens (tertiary/aromatic N) is 3. The first-order chi connectivity index (χ1) is 22.0. The average Bonchev–Trinajstić information content (AvgIpc) is 3.67. The molecule has 0 fully saturated rings. The molecule has 41 heavy (non-hydrogen) atoms. The van der Waals surface area contributed by atoms with Crippen molar-refractivity contribution in [3.8, 4) is 45.0 Å². The minimum atomic E-state index is -2.40. The van der Waals surface area contributed by atoms with Crippen LogP contribution in [0.4, 0.5) is 0 Å². The molecule has 5 nitrogen and oxygen atoms in total. The van der Waals surface area contributed by atoms with E-state index in [0.717, 1.165) is 16.7 Å².